The average Bonchev–Trinajstić information content (AvgIpc) is 3.30. The van der Waals surface area contributed by atoms with Gasteiger partial charge in [0.1, 0.15) is 12.4 Å². The number of rotatable bonds is 7. The van der Waals surface area contributed by atoms with Gasteiger partial charge in [-0.05, 0) is 60.0 Å². The second kappa shape index (κ2) is 11.8. The summed E-state index contributed by atoms with van der Waals surface area (Å²) in [4.78, 5) is 32.2. The number of allylic oxidation sites excluding steroid dienone is 1. The van der Waals surface area contributed by atoms with Crippen LogP contribution < -0.4 is 19.6 Å². The predicted molar refractivity (Wildman–Crippen MR) is 167 cm³/mol. The lowest BCUT2D eigenvalue weighted by Crippen LogP contribution is -2.39. The molecular formula is C34H27ClN2O4S. The highest BCUT2D eigenvalue weighted by Gasteiger charge is 2.33. The zero-order valence-electron chi connectivity index (χ0n) is 23.0. The quantitative estimate of drug-likeness (QED) is 0.211. The number of benzene rings is 4. The van der Waals surface area contributed by atoms with Gasteiger partial charge in [-0.25, -0.2) is 9.79 Å². The van der Waals surface area contributed by atoms with Crippen molar-refractivity contribution in [2.45, 2.75) is 26.5 Å². The first kappa shape index (κ1) is 27.7. The number of halogens is 1. The molecule has 0 saturated carbocycles. The fraction of sp³-hybridized carbons (Fsp3) is 0.147. The van der Waals surface area contributed by atoms with E-state index in [2.05, 4.69) is 29.3 Å². The van der Waals surface area contributed by atoms with Gasteiger partial charge in [0.15, 0.2) is 4.80 Å². The van der Waals surface area contributed by atoms with Crippen molar-refractivity contribution in [2.75, 3.05) is 6.61 Å². The molecule has 1 aromatic heterocycles. The number of thiazole rings is 1. The molecule has 1 aliphatic heterocycles. The third kappa shape index (κ3) is 5.29. The van der Waals surface area contributed by atoms with Gasteiger partial charge < -0.3 is 9.47 Å². The average molecular weight is 595 g/mol. The van der Waals surface area contributed by atoms with Crippen LogP contribution in [0.1, 0.15) is 36.6 Å². The van der Waals surface area contributed by atoms with E-state index in [0.717, 1.165) is 27.5 Å². The Labute approximate surface area is 251 Å². The van der Waals surface area contributed by atoms with Gasteiger partial charge in [-0.2, -0.15) is 0 Å². The van der Waals surface area contributed by atoms with Crippen molar-refractivity contribution in [1.82, 2.24) is 4.57 Å². The Morgan fingerprint density at radius 2 is 1.74 bits per heavy atom. The molecule has 1 unspecified atom stereocenters. The van der Waals surface area contributed by atoms with Crippen LogP contribution >= 0.6 is 22.9 Å². The van der Waals surface area contributed by atoms with Gasteiger partial charge in [-0.3, -0.25) is 9.36 Å². The lowest BCUT2D eigenvalue weighted by atomic mass is 9.96. The highest BCUT2D eigenvalue weighted by molar-refractivity contribution is 7.07. The minimum Gasteiger partial charge on any atom is -0.488 e. The fourth-order valence-corrected chi connectivity index (χ4v) is 6.36. The van der Waals surface area contributed by atoms with E-state index in [1.807, 2.05) is 60.7 Å². The van der Waals surface area contributed by atoms with Crippen LogP contribution in [0.5, 0.6) is 5.75 Å². The Bertz CT molecular complexity index is 2020. The molecule has 1 aliphatic rings. The van der Waals surface area contributed by atoms with Crippen molar-refractivity contribution in [3.63, 3.8) is 0 Å². The number of hydrogen-bond acceptors (Lipinski definition) is 6. The van der Waals surface area contributed by atoms with E-state index in [-0.39, 0.29) is 12.2 Å². The molecule has 8 heteroatoms. The largest absolute Gasteiger partial charge is 0.488 e. The van der Waals surface area contributed by atoms with Crippen molar-refractivity contribution in [3.05, 3.63) is 144 Å². The first-order valence-electron chi connectivity index (χ1n) is 13.6. The van der Waals surface area contributed by atoms with Crippen molar-refractivity contribution in [3.8, 4) is 5.75 Å². The molecule has 0 spiro atoms. The van der Waals surface area contributed by atoms with Gasteiger partial charge in [0.25, 0.3) is 5.56 Å². The minimum absolute atomic E-state index is 0.211. The lowest BCUT2D eigenvalue weighted by molar-refractivity contribution is -0.139. The summed E-state index contributed by atoms with van der Waals surface area (Å²) in [5.74, 6) is 0.161. The zero-order chi connectivity index (χ0) is 29.2. The molecule has 6 nitrogen and oxygen atoms in total. The van der Waals surface area contributed by atoms with E-state index in [1.165, 1.54) is 11.3 Å². The molecule has 0 saturated heterocycles. The van der Waals surface area contributed by atoms with Crippen LogP contribution in [0.25, 0.3) is 16.8 Å². The van der Waals surface area contributed by atoms with Gasteiger partial charge in [0.05, 0.1) is 28.5 Å². The maximum atomic E-state index is 14.0. The number of nitrogens with zero attached hydrogens (tertiary/aromatic N) is 2. The highest BCUT2D eigenvalue weighted by Crippen LogP contribution is 2.31. The second-order valence-electron chi connectivity index (χ2n) is 9.82. The van der Waals surface area contributed by atoms with E-state index < -0.39 is 12.0 Å². The summed E-state index contributed by atoms with van der Waals surface area (Å²) in [6.45, 7) is 4.11. The number of esters is 1. The Hall–Kier alpha value is -4.46. The van der Waals surface area contributed by atoms with E-state index in [4.69, 9.17) is 21.1 Å². The molecule has 0 aliphatic carbocycles. The lowest BCUT2D eigenvalue weighted by Gasteiger charge is -2.24. The van der Waals surface area contributed by atoms with Crippen LogP contribution in [0.15, 0.2) is 112 Å². The predicted octanol–water partition coefficient (Wildman–Crippen LogP) is 6.18. The van der Waals surface area contributed by atoms with E-state index in [0.29, 0.717) is 38.0 Å². The van der Waals surface area contributed by atoms with Crippen LogP contribution in [0.3, 0.4) is 0 Å². The summed E-state index contributed by atoms with van der Waals surface area (Å²) >= 11 is 7.43. The summed E-state index contributed by atoms with van der Waals surface area (Å²) in [7, 11) is 0. The van der Waals surface area contributed by atoms with Crippen LogP contribution in [-0.4, -0.2) is 17.1 Å². The molecule has 1 atom stereocenters. The second-order valence-corrected chi connectivity index (χ2v) is 11.3. The van der Waals surface area contributed by atoms with Crippen molar-refractivity contribution >= 4 is 45.8 Å². The molecule has 5 aromatic rings. The number of para-hydroxylation sites is 1. The Morgan fingerprint density at radius 3 is 2.55 bits per heavy atom. The van der Waals surface area contributed by atoms with Crippen LogP contribution in [0, 0.1) is 0 Å². The molecule has 6 rings (SSSR count). The molecule has 2 heterocycles. The van der Waals surface area contributed by atoms with Crippen LogP contribution in [0.4, 0.5) is 0 Å². The summed E-state index contributed by atoms with van der Waals surface area (Å²) in [5.41, 5.74) is 3.18. The molecule has 42 heavy (non-hydrogen) atoms. The maximum absolute atomic E-state index is 14.0. The van der Waals surface area contributed by atoms with E-state index >= 15 is 0 Å². The number of carbonyl (C=O) groups excluding carboxylic acids is 1. The normalized spacial score (nSPS) is 14.9. The summed E-state index contributed by atoms with van der Waals surface area (Å²) in [6.07, 6.45) is 1.82. The Morgan fingerprint density at radius 1 is 1.00 bits per heavy atom. The Balaban J connectivity index is 1.42. The smallest absolute Gasteiger partial charge is 0.338 e. The van der Waals surface area contributed by atoms with Crippen molar-refractivity contribution in [1.29, 1.82) is 0 Å². The monoisotopic (exact) mass is 594 g/mol. The molecule has 4 aromatic carbocycles. The van der Waals surface area contributed by atoms with Gasteiger partial charge in [0, 0.05) is 10.6 Å². The van der Waals surface area contributed by atoms with Crippen molar-refractivity contribution < 1.29 is 14.3 Å². The van der Waals surface area contributed by atoms with Crippen LogP contribution in [-0.2, 0) is 16.1 Å². The number of aromatic nitrogens is 1. The standard InChI is InChI=1S/C34H27ClN2O4S/c1-3-40-33(39)30-21(2)36-34-37(31(30)23-15-17-26(35)18-16-23)32(38)29(42-34)19-24-10-5-7-14-28(24)41-20-25-12-8-11-22-9-4-6-13-27(22)25/h4-19,31H,3,20H2,1-2H3/b29-19+. The maximum Gasteiger partial charge on any atom is 0.338 e. The third-order valence-electron chi connectivity index (χ3n) is 7.17. The summed E-state index contributed by atoms with van der Waals surface area (Å²) in [6, 6.07) is 28.4. The van der Waals surface area contributed by atoms with E-state index in [9.17, 15) is 9.59 Å². The first-order valence-corrected chi connectivity index (χ1v) is 14.8. The summed E-state index contributed by atoms with van der Waals surface area (Å²) < 4.78 is 13.7. The topological polar surface area (TPSA) is 69.9 Å². The van der Waals surface area contributed by atoms with Gasteiger partial charge in [-0.15, -0.1) is 0 Å². The number of hydrogen-bond donors (Lipinski definition) is 0. The SMILES string of the molecule is CCOC(=O)C1=C(C)N=c2s/c(=C/c3ccccc3OCc3cccc4ccccc34)c(=O)n2C1c1ccc(Cl)cc1. The third-order valence-corrected chi connectivity index (χ3v) is 8.41. The number of ether oxygens (including phenoxy) is 2. The van der Waals surface area contributed by atoms with Crippen LogP contribution in [0.2, 0.25) is 5.02 Å². The molecule has 0 fully saturated rings. The van der Waals surface area contributed by atoms with Gasteiger partial charge >= 0.3 is 5.97 Å². The first-order chi connectivity index (χ1) is 20.4. The van der Waals surface area contributed by atoms with Gasteiger partial charge in [0.2, 0.25) is 0 Å². The molecule has 0 amide bonds. The molecular weight excluding hydrogens is 568 g/mol. The number of fused-ring (bicyclic) bond motifs is 2. The van der Waals surface area contributed by atoms with Crippen molar-refractivity contribution in [2.24, 2.45) is 4.99 Å². The molecule has 210 valence electrons. The number of carbonyl (C=O) groups is 1. The van der Waals surface area contributed by atoms with Gasteiger partial charge in [-0.1, -0.05) is 95.7 Å². The molecule has 0 radical (unpaired) electrons. The Kier molecular flexibility index (Phi) is 7.78. The summed E-state index contributed by atoms with van der Waals surface area (Å²) in [5, 5.41) is 2.85. The zero-order valence-corrected chi connectivity index (χ0v) is 24.6. The minimum atomic E-state index is -0.697. The highest BCUT2D eigenvalue weighted by atomic mass is 35.5. The molecule has 0 bridgehead atoms. The fourth-order valence-electron chi connectivity index (χ4n) is 5.20. The molecule has 0 N–H and O–H groups in total. The van der Waals surface area contributed by atoms with E-state index in [1.54, 1.807) is 30.5 Å².